The molecule has 0 radical (unpaired) electrons. The highest BCUT2D eigenvalue weighted by atomic mass is 35.5. The van der Waals surface area contributed by atoms with Crippen molar-refractivity contribution in [3.05, 3.63) is 58.9 Å². The van der Waals surface area contributed by atoms with Crippen molar-refractivity contribution in [3.63, 3.8) is 0 Å². The van der Waals surface area contributed by atoms with Crippen LogP contribution in [0.4, 0.5) is 13.2 Å². The van der Waals surface area contributed by atoms with Gasteiger partial charge in [-0.25, -0.2) is 12.8 Å². The minimum atomic E-state index is -3.95. The highest BCUT2D eigenvalue weighted by Crippen LogP contribution is 2.30. The highest BCUT2D eigenvalue weighted by molar-refractivity contribution is 7.89. The largest absolute Gasteiger partial charge is 0.433 e. The van der Waals surface area contributed by atoms with Crippen LogP contribution >= 0.6 is 11.6 Å². The molecule has 0 atom stereocenters. The Balaban J connectivity index is 2.30. The second-order valence-corrected chi connectivity index (χ2v) is 7.38. The number of hydrogen-bond donors (Lipinski definition) is 0. The third kappa shape index (κ3) is 4.87. The van der Waals surface area contributed by atoms with E-state index in [1.54, 1.807) is 13.0 Å². The third-order valence-corrected chi connectivity index (χ3v) is 5.57. The van der Waals surface area contributed by atoms with Gasteiger partial charge in [-0.3, -0.25) is 0 Å². The van der Waals surface area contributed by atoms with E-state index in [1.165, 1.54) is 18.2 Å². The molecule has 0 amide bonds. The normalized spacial score (nSPS) is 12.0. The number of benzene rings is 2. The average molecular weight is 394 g/mol. The first-order valence-corrected chi connectivity index (χ1v) is 9.04. The Kier molecular flexibility index (Phi) is 6.31. The fraction of sp³-hybridized carbons (Fsp3) is 0.250. The SMILES string of the molecule is CCN(Cc1cccc(F)c1)S(=O)(=O)c1ccc(OC(F)F)c(Cl)c1. The van der Waals surface area contributed by atoms with Crippen LogP contribution < -0.4 is 4.74 Å². The Morgan fingerprint density at radius 2 is 1.92 bits per heavy atom. The van der Waals surface area contributed by atoms with Crippen LogP contribution in [0.3, 0.4) is 0 Å². The van der Waals surface area contributed by atoms with Crippen molar-refractivity contribution in [2.75, 3.05) is 6.54 Å². The maximum absolute atomic E-state index is 13.3. The van der Waals surface area contributed by atoms with Gasteiger partial charge in [0.05, 0.1) is 9.92 Å². The number of alkyl halides is 2. The average Bonchev–Trinajstić information content (AvgIpc) is 2.54. The molecule has 4 nitrogen and oxygen atoms in total. The molecule has 2 aromatic carbocycles. The Labute approximate surface area is 148 Å². The Morgan fingerprint density at radius 3 is 2.48 bits per heavy atom. The van der Waals surface area contributed by atoms with Crippen molar-refractivity contribution in [2.24, 2.45) is 0 Å². The molecular formula is C16H15ClF3NO3S. The lowest BCUT2D eigenvalue weighted by molar-refractivity contribution is -0.0498. The predicted octanol–water partition coefficient (Wildman–Crippen LogP) is 4.29. The second-order valence-electron chi connectivity index (χ2n) is 5.03. The lowest BCUT2D eigenvalue weighted by atomic mass is 10.2. The van der Waals surface area contributed by atoms with Gasteiger partial charge in [-0.05, 0) is 35.9 Å². The van der Waals surface area contributed by atoms with Gasteiger partial charge in [-0.15, -0.1) is 0 Å². The van der Waals surface area contributed by atoms with E-state index in [1.807, 2.05) is 0 Å². The van der Waals surface area contributed by atoms with Crippen LogP contribution in [0.2, 0.25) is 5.02 Å². The Morgan fingerprint density at radius 1 is 1.20 bits per heavy atom. The van der Waals surface area contributed by atoms with Crippen molar-refractivity contribution in [2.45, 2.75) is 25.0 Å². The topological polar surface area (TPSA) is 46.6 Å². The summed E-state index contributed by atoms with van der Waals surface area (Å²) >= 11 is 5.82. The van der Waals surface area contributed by atoms with Gasteiger partial charge in [0.15, 0.2) is 0 Å². The minimum Gasteiger partial charge on any atom is -0.433 e. The summed E-state index contributed by atoms with van der Waals surface area (Å²) in [6.45, 7) is -1.35. The first-order chi connectivity index (χ1) is 11.7. The van der Waals surface area contributed by atoms with E-state index in [0.717, 1.165) is 22.5 Å². The smallest absolute Gasteiger partial charge is 0.387 e. The molecule has 2 aromatic rings. The van der Waals surface area contributed by atoms with E-state index in [9.17, 15) is 21.6 Å². The summed E-state index contributed by atoms with van der Waals surface area (Å²) in [6.07, 6.45) is 0. The second kappa shape index (κ2) is 8.07. The number of nitrogens with zero attached hydrogens (tertiary/aromatic N) is 1. The van der Waals surface area contributed by atoms with Crippen LogP contribution in [0.5, 0.6) is 5.75 Å². The van der Waals surface area contributed by atoms with E-state index in [-0.39, 0.29) is 28.8 Å². The number of sulfonamides is 1. The lowest BCUT2D eigenvalue weighted by Gasteiger charge is -2.21. The monoisotopic (exact) mass is 393 g/mol. The molecule has 9 heteroatoms. The number of hydrogen-bond acceptors (Lipinski definition) is 3. The summed E-state index contributed by atoms with van der Waals surface area (Å²) in [5, 5.41) is -0.247. The van der Waals surface area contributed by atoms with E-state index in [0.29, 0.717) is 5.56 Å². The van der Waals surface area contributed by atoms with Crippen molar-refractivity contribution in [1.29, 1.82) is 0 Å². The molecule has 0 unspecified atom stereocenters. The zero-order chi connectivity index (χ0) is 18.6. The van der Waals surface area contributed by atoms with Crippen molar-refractivity contribution in [1.82, 2.24) is 4.31 Å². The van der Waals surface area contributed by atoms with Crippen LogP contribution in [0.15, 0.2) is 47.4 Å². The summed E-state index contributed by atoms with van der Waals surface area (Å²) in [5.74, 6) is -0.786. The van der Waals surface area contributed by atoms with E-state index in [4.69, 9.17) is 11.6 Å². The Hall–Kier alpha value is -1.77. The molecule has 0 heterocycles. The molecule has 0 spiro atoms. The van der Waals surface area contributed by atoms with Crippen LogP contribution in [0.1, 0.15) is 12.5 Å². The lowest BCUT2D eigenvalue weighted by Crippen LogP contribution is -2.30. The summed E-state index contributed by atoms with van der Waals surface area (Å²) in [5.41, 5.74) is 0.481. The third-order valence-electron chi connectivity index (χ3n) is 3.36. The van der Waals surface area contributed by atoms with Gasteiger partial charge in [0.1, 0.15) is 11.6 Å². The molecule has 0 saturated carbocycles. The fourth-order valence-electron chi connectivity index (χ4n) is 2.19. The van der Waals surface area contributed by atoms with Crippen molar-refractivity contribution in [3.8, 4) is 5.75 Å². The van der Waals surface area contributed by atoms with Gasteiger partial charge in [0.2, 0.25) is 10.0 Å². The zero-order valence-electron chi connectivity index (χ0n) is 13.1. The molecule has 0 aliphatic rings. The maximum Gasteiger partial charge on any atom is 0.387 e. The molecule has 0 fully saturated rings. The summed E-state index contributed by atoms with van der Waals surface area (Å²) < 4.78 is 68.6. The first kappa shape index (κ1) is 19.6. The van der Waals surface area contributed by atoms with Crippen molar-refractivity contribution < 1.29 is 26.3 Å². The summed E-state index contributed by atoms with van der Waals surface area (Å²) in [4.78, 5) is -0.169. The molecule has 25 heavy (non-hydrogen) atoms. The van der Waals surface area contributed by atoms with Gasteiger partial charge in [0, 0.05) is 13.1 Å². The highest BCUT2D eigenvalue weighted by Gasteiger charge is 2.24. The number of ether oxygens (including phenoxy) is 1. The molecule has 0 saturated heterocycles. The minimum absolute atomic E-state index is 0.0382. The maximum atomic E-state index is 13.3. The fourth-order valence-corrected chi connectivity index (χ4v) is 3.94. The molecule has 0 bridgehead atoms. The molecule has 0 aromatic heterocycles. The standard InChI is InChI=1S/C16H15ClF3NO3S/c1-2-21(10-11-4-3-5-12(18)8-11)25(22,23)13-6-7-15(14(17)9-13)24-16(19)20/h3-9,16H,2,10H2,1H3. The molecule has 0 aliphatic carbocycles. The quantitative estimate of drug-likeness (QED) is 0.705. The van der Waals surface area contributed by atoms with Crippen LogP contribution in [0.25, 0.3) is 0 Å². The Bertz CT molecular complexity index is 846. The number of rotatable bonds is 7. The van der Waals surface area contributed by atoms with Gasteiger partial charge in [-0.1, -0.05) is 30.7 Å². The van der Waals surface area contributed by atoms with Gasteiger partial charge >= 0.3 is 6.61 Å². The van der Waals surface area contributed by atoms with Gasteiger partial charge < -0.3 is 4.74 Å². The summed E-state index contributed by atoms with van der Waals surface area (Å²) in [6, 6.07) is 8.83. The zero-order valence-corrected chi connectivity index (χ0v) is 14.7. The van der Waals surface area contributed by atoms with E-state index >= 15 is 0 Å². The van der Waals surface area contributed by atoms with Crippen molar-refractivity contribution >= 4 is 21.6 Å². The van der Waals surface area contributed by atoms with Crippen LogP contribution in [0, 0.1) is 5.82 Å². The van der Waals surface area contributed by atoms with Crippen LogP contribution in [-0.4, -0.2) is 25.9 Å². The predicted molar refractivity (Wildman–Crippen MR) is 87.8 cm³/mol. The van der Waals surface area contributed by atoms with E-state index in [2.05, 4.69) is 4.74 Å². The van der Waals surface area contributed by atoms with Gasteiger partial charge in [0.25, 0.3) is 0 Å². The molecule has 0 N–H and O–H groups in total. The van der Waals surface area contributed by atoms with Gasteiger partial charge in [-0.2, -0.15) is 13.1 Å². The van der Waals surface area contributed by atoms with Crippen LogP contribution in [-0.2, 0) is 16.6 Å². The summed E-state index contributed by atoms with van der Waals surface area (Å²) in [7, 11) is -3.95. The molecule has 136 valence electrons. The first-order valence-electron chi connectivity index (χ1n) is 7.23. The molecular weight excluding hydrogens is 379 g/mol. The molecule has 2 rings (SSSR count). The number of halogens is 4. The van der Waals surface area contributed by atoms with E-state index < -0.39 is 22.5 Å². The molecule has 0 aliphatic heterocycles.